The van der Waals surface area contributed by atoms with Crippen molar-refractivity contribution in [3.05, 3.63) is 0 Å². The van der Waals surface area contributed by atoms with Gasteiger partial charge in [-0.1, -0.05) is 19.8 Å². The Balaban J connectivity index is 3.77. The van der Waals surface area contributed by atoms with Gasteiger partial charge in [-0.15, -0.1) is 12.3 Å². The van der Waals surface area contributed by atoms with Crippen LogP contribution in [0.2, 0.25) is 0 Å². The Labute approximate surface area is 86.4 Å². The summed E-state index contributed by atoms with van der Waals surface area (Å²) < 4.78 is 0. The second kappa shape index (κ2) is 7.40. The van der Waals surface area contributed by atoms with Crippen LogP contribution in [0.1, 0.15) is 39.5 Å². The monoisotopic (exact) mass is 196 g/mol. The predicted octanol–water partition coefficient (Wildman–Crippen LogP) is 1.03. The Morgan fingerprint density at radius 2 is 2.29 bits per heavy atom. The van der Waals surface area contributed by atoms with Crippen LogP contribution in [0.4, 0.5) is 0 Å². The van der Waals surface area contributed by atoms with Gasteiger partial charge in [0.05, 0.1) is 6.04 Å². The number of rotatable bonds is 6. The fraction of sp³-hybridized carbons (Fsp3) is 0.727. The molecule has 3 heteroatoms. The Bertz CT molecular complexity index is 208. The molecule has 0 spiro atoms. The summed E-state index contributed by atoms with van der Waals surface area (Å²) in [5, 5.41) is 2.78. The number of nitrogens with two attached hydrogens (primary N) is 1. The molecule has 3 N–H and O–H groups in total. The topological polar surface area (TPSA) is 55.1 Å². The normalized spacial score (nSPS) is 14.1. The first kappa shape index (κ1) is 13.0. The highest BCUT2D eigenvalue weighted by Gasteiger charge is 2.14. The molecule has 0 aliphatic heterocycles. The van der Waals surface area contributed by atoms with E-state index in [1.165, 1.54) is 0 Å². The molecule has 0 heterocycles. The molecule has 0 bridgehead atoms. The molecule has 14 heavy (non-hydrogen) atoms. The summed E-state index contributed by atoms with van der Waals surface area (Å²) in [5.74, 6) is 2.40. The van der Waals surface area contributed by atoms with Crippen molar-refractivity contribution in [1.82, 2.24) is 5.32 Å². The van der Waals surface area contributed by atoms with Crippen molar-refractivity contribution in [2.75, 3.05) is 0 Å². The van der Waals surface area contributed by atoms with E-state index in [0.29, 0.717) is 6.42 Å². The number of carbonyl (C=O) groups is 1. The van der Waals surface area contributed by atoms with Crippen molar-refractivity contribution < 1.29 is 4.79 Å². The van der Waals surface area contributed by atoms with Crippen molar-refractivity contribution in [3.8, 4) is 12.3 Å². The molecule has 0 radical (unpaired) electrons. The highest BCUT2D eigenvalue weighted by atomic mass is 16.2. The molecule has 0 saturated carbocycles. The van der Waals surface area contributed by atoms with E-state index in [2.05, 4.69) is 18.2 Å². The van der Waals surface area contributed by atoms with E-state index >= 15 is 0 Å². The van der Waals surface area contributed by atoms with Crippen LogP contribution in [0.5, 0.6) is 0 Å². The van der Waals surface area contributed by atoms with Gasteiger partial charge in [0.15, 0.2) is 0 Å². The standard InChI is InChI=1S/C11H20N2O/c1-4-6-8-10(12)11(14)13-9(3)7-5-2/h2,9-10H,4,6-8,12H2,1,3H3,(H,13,14)/t9?,10-/m0/s1. The fourth-order valence-corrected chi connectivity index (χ4v) is 1.13. The Morgan fingerprint density at radius 1 is 1.64 bits per heavy atom. The molecule has 0 rings (SSSR count). The van der Waals surface area contributed by atoms with E-state index in [4.69, 9.17) is 12.2 Å². The summed E-state index contributed by atoms with van der Waals surface area (Å²) in [7, 11) is 0. The van der Waals surface area contributed by atoms with Crippen molar-refractivity contribution >= 4 is 5.91 Å². The third kappa shape index (κ3) is 5.60. The van der Waals surface area contributed by atoms with E-state index in [-0.39, 0.29) is 11.9 Å². The maximum atomic E-state index is 11.4. The molecule has 80 valence electrons. The van der Waals surface area contributed by atoms with Crippen molar-refractivity contribution in [1.29, 1.82) is 0 Å². The molecule has 0 aliphatic rings. The zero-order valence-corrected chi connectivity index (χ0v) is 9.05. The van der Waals surface area contributed by atoms with Crippen LogP contribution in [-0.2, 0) is 4.79 Å². The summed E-state index contributed by atoms with van der Waals surface area (Å²) in [6, 6.07) is -0.379. The summed E-state index contributed by atoms with van der Waals surface area (Å²) in [5.41, 5.74) is 5.68. The highest BCUT2D eigenvalue weighted by molar-refractivity contribution is 5.81. The van der Waals surface area contributed by atoms with Crippen molar-refractivity contribution in [2.45, 2.75) is 51.6 Å². The largest absolute Gasteiger partial charge is 0.351 e. The third-order valence-corrected chi connectivity index (χ3v) is 2.02. The molecule has 0 aliphatic carbocycles. The van der Waals surface area contributed by atoms with Crippen molar-refractivity contribution in [2.24, 2.45) is 5.73 Å². The highest BCUT2D eigenvalue weighted by Crippen LogP contribution is 1.99. The van der Waals surface area contributed by atoms with Crippen LogP contribution < -0.4 is 11.1 Å². The Hall–Kier alpha value is -1.01. The second-order valence-electron chi connectivity index (χ2n) is 3.57. The SMILES string of the molecule is C#CCC(C)NC(=O)[C@@H](N)CCCC. The number of hydrogen-bond acceptors (Lipinski definition) is 2. The maximum Gasteiger partial charge on any atom is 0.237 e. The molecule has 1 unspecified atom stereocenters. The van der Waals surface area contributed by atoms with Crippen LogP contribution in [0.25, 0.3) is 0 Å². The van der Waals surface area contributed by atoms with Gasteiger partial charge in [0.2, 0.25) is 5.91 Å². The summed E-state index contributed by atoms with van der Waals surface area (Å²) in [6.45, 7) is 3.95. The summed E-state index contributed by atoms with van der Waals surface area (Å²) in [6.07, 6.45) is 8.46. The minimum atomic E-state index is -0.393. The van der Waals surface area contributed by atoms with E-state index in [1.807, 2.05) is 6.92 Å². The van der Waals surface area contributed by atoms with Gasteiger partial charge in [0.1, 0.15) is 0 Å². The third-order valence-electron chi connectivity index (χ3n) is 2.02. The Morgan fingerprint density at radius 3 is 2.79 bits per heavy atom. The fourth-order valence-electron chi connectivity index (χ4n) is 1.13. The average Bonchev–Trinajstić information content (AvgIpc) is 2.14. The van der Waals surface area contributed by atoms with E-state index < -0.39 is 6.04 Å². The van der Waals surface area contributed by atoms with Gasteiger partial charge in [-0.25, -0.2) is 0 Å². The number of nitrogens with one attached hydrogen (secondary N) is 1. The van der Waals surface area contributed by atoms with Gasteiger partial charge in [0, 0.05) is 12.5 Å². The van der Waals surface area contributed by atoms with Crippen molar-refractivity contribution in [3.63, 3.8) is 0 Å². The first-order valence-corrected chi connectivity index (χ1v) is 5.11. The summed E-state index contributed by atoms with van der Waals surface area (Å²) >= 11 is 0. The lowest BCUT2D eigenvalue weighted by Gasteiger charge is -2.15. The van der Waals surface area contributed by atoms with Crippen LogP contribution in [0, 0.1) is 12.3 Å². The molecule has 0 aromatic carbocycles. The maximum absolute atomic E-state index is 11.4. The van der Waals surface area contributed by atoms with Crippen LogP contribution >= 0.6 is 0 Å². The minimum Gasteiger partial charge on any atom is -0.351 e. The number of unbranched alkanes of at least 4 members (excludes halogenated alkanes) is 1. The first-order valence-electron chi connectivity index (χ1n) is 5.11. The molecule has 0 aromatic rings. The molecule has 3 nitrogen and oxygen atoms in total. The van der Waals surface area contributed by atoms with Gasteiger partial charge in [-0.05, 0) is 13.3 Å². The second-order valence-corrected chi connectivity index (χ2v) is 3.57. The van der Waals surface area contributed by atoms with Gasteiger partial charge in [0.25, 0.3) is 0 Å². The van der Waals surface area contributed by atoms with Gasteiger partial charge < -0.3 is 11.1 Å². The molecular weight excluding hydrogens is 176 g/mol. The number of terminal acetylenes is 1. The zero-order chi connectivity index (χ0) is 11.0. The molecular formula is C11H20N2O. The van der Waals surface area contributed by atoms with Crippen LogP contribution in [0.15, 0.2) is 0 Å². The number of carbonyl (C=O) groups excluding carboxylic acids is 1. The molecule has 1 amide bonds. The zero-order valence-electron chi connectivity index (χ0n) is 9.05. The van der Waals surface area contributed by atoms with Gasteiger partial charge in [-0.3, -0.25) is 4.79 Å². The van der Waals surface area contributed by atoms with Gasteiger partial charge >= 0.3 is 0 Å². The summed E-state index contributed by atoms with van der Waals surface area (Å²) in [4.78, 5) is 11.4. The lowest BCUT2D eigenvalue weighted by molar-refractivity contribution is -0.123. The molecule has 2 atom stereocenters. The minimum absolute atomic E-state index is 0.0141. The predicted molar refractivity (Wildman–Crippen MR) is 58.6 cm³/mol. The Kier molecular flexibility index (Phi) is 6.87. The van der Waals surface area contributed by atoms with Crippen LogP contribution in [0.3, 0.4) is 0 Å². The molecule has 0 fully saturated rings. The first-order chi connectivity index (χ1) is 6.61. The molecule has 0 aromatic heterocycles. The van der Waals surface area contributed by atoms with E-state index in [0.717, 1.165) is 19.3 Å². The van der Waals surface area contributed by atoms with E-state index in [1.54, 1.807) is 0 Å². The molecule has 0 saturated heterocycles. The lowest BCUT2D eigenvalue weighted by atomic mass is 10.1. The van der Waals surface area contributed by atoms with Gasteiger partial charge in [-0.2, -0.15) is 0 Å². The lowest BCUT2D eigenvalue weighted by Crippen LogP contribution is -2.44. The number of hydrogen-bond donors (Lipinski definition) is 2. The average molecular weight is 196 g/mol. The number of amides is 1. The smallest absolute Gasteiger partial charge is 0.237 e. The van der Waals surface area contributed by atoms with E-state index in [9.17, 15) is 4.79 Å². The quantitative estimate of drug-likeness (QED) is 0.623. The van der Waals surface area contributed by atoms with Crippen LogP contribution in [-0.4, -0.2) is 18.0 Å².